The van der Waals surface area contributed by atoms with Gasteiger partial charge in [-0.25, -0.2) is 4.57 Å². The Balaban J connectivity index is 4.54. The van der Waals surface area contributed by atoms with Crippen molar-refractivity contribution in [1.82, 2.24) is 5.32 Å². The van der Waals surface area contributed by atoms with Gasteiger partial charge in [-0.1, -0.05) is 116 Å². The van der Waals surface area contributed by atoms with Gasteiger partial charge in [0, 0.05) is 6.54 Å². The van der Waals surface area contributed by atoms with Crippen LogP contribution >= 0.6 is 7.82 Å². The van der Waals surface area contributed by atoms with Crippen LogP contribution in [-0.4, -0.2) is 59.0 Å². The lowest BCUT2D eigenvalue weighted by Crippen LogP contribution is -2.46. The monoisotopic (exact) mass is 578 g/mol. The average molecular weight is 579 g/mol. The number of aliphatic hydroxyl groups excluding tert-OH is 2. The van der Waals surface area contributed by atoms with Crippen LogP contribution < -0.4 is 11.1 Å². The second-order valence-electron chi connectivity index (χ2n) is 10.5. The molecule has 0 heterocycles. The fourth-order valence-electron chi connectivity index (χ4n) is 4.29. The van der Waals surface area contributed by atoms with Crippen LogP contribution in [0.25, 0.3) is 0 Å². The molecule has 10 heteroatoms. The molecule has 9 nitrogen and oxygen atoms in total. The van der Waals surface area contributed by atoms with E-state index in [9.17, 15) is 24.5 Å². The van der Waals surface area contributed by atoms with Crippen LogP contribution in [-0.2, 0) is 18.4 Å². The van der Waals surface area contributed by atoms with Crippen molar-refractivity contribution in [3.05, 3.63) is 12.2 Å². The molecule has 39 heavy (non-hydrogen) atoms. The highest BCUT2D eigenvalue weighted by Gasteiger charge is 2.27. The minimum Gasteiger partial charge on any atom is -0.393 e. The fourth-order valence-corrected chi connectivity index (χ4v) is 5.05. The summed E-state index contributed by atoms with van der Waals surface area (Å²) in [5, 5.41) is 23.6. The molecule has 0 aliphatic rings. The van der Waals surface area contributed by atoms with Crippen LogP contribution in [0.15, 0.2) is 12.2 Å². The van der Waals surface area contributed by atoms with Gasteiger partial charge < -0.3 is 26.2 Å². The molecular weight excluding hydrogens is 519 g/mol. The lowest BCUT2D eigenvalue weighted by Gasteiger charge is -2.24. The van der Waals surface area contributed by atoms with Crippen molar-refractivity contribution < 1.29 is 33.5 Å². The number of phosphoric acid groups is 1. The van der Waals surface area contributed by atoms with Gasteiger partial charge in [-0.2, -0.15) is 0 Å². The van der Waals surface area contributed by atoms with E-state index in [1.807, 2.05) is 6.08 Å². The molecule has 0 bridgehead atoms. The van der Waals surface area contributed by atoms with E-state index >= 15 is 0 Å². The molecule has 0 aromatic rings. The van der Waals surface area contributed by atoms with Crippen LogP contribution in [0, 0.1) is 0 Å². The van der Waals surface area contributed by atoms with Gasteiger partial charge in [0.25, 0.3) is 0 Å². The van der Waals surface area contributed by atoms with E-state index in [4.69, 9.17) is 14.8 Å². The number of carbonyl (C=O) groups is 1. The molecular formula is C29H59N2O7P. The Bertz CT molecular complexity index is 651. The topological polar surface area (TPSA) is 151 Å². The molecule has 0 aromatic heterocycles. The van der Waals surface area contributed by atoms with Crippen LogP contribution in [0.5, 0.6) is 0 Å². The second kappa shape index (κ2) is 26.1. The van der Waals surface area contributed by atoms with Crippen molar-refractivity contribution in [2.24, 2.45) is 5.73 Å². The number of nitrogens with one attached hydrogen (secondary N) is 1. The zero-order valence-corrected chi connectivity index (χ0v) is 25.6. The molecule has 0 spiro atoms. The Morgan fingerprint density at radius 2 is 1.41 bits per heavy atom. The Hall–Kier alpha value is -0.800. The number of allylic oxidation sites excluding steroid dienone is 1. The highest BCUT2D eigenvalue weighted by molar-refractivity contribution is 7.47. The molecule has 0 radical (unpaired) electrons. The molecule has 0 aliphatic carbocycles. The number of hydrogen-bond donors (Lipinski definition) is 5. The Kier molecular flexibility index (Phi) is 25.6. The van der Waals surface area contributed by atoms with Crippen LogP contribution in [0.1, 0.15) is 129 Å². The summed E-state index contributed by atoms with van der Waals surface area (Å²) in [6.45, 7) is 3.85. The summed E-state index contributed by atoms with van der Waals surface area (Å²) >= 11 is 0. The first kappa shape index (κ1) is 38.2. The SMILES string of the molecule is CCCCCCC/C=C/C(O)C(COP(=O)(O)OCCN)NC(=O)CC(O)CCCCCCCCCCCC. The second-order valence-corrected chi connectivity index (χ2v) is 12.0. The summed E-state index contributed by atoms with van der Waals surface area (Å²) in [7, 11) is -4.37. The van der Waals surface area contributed by atoms with Crippen molar-refractivity contribution in [1.29, 1.82) is 0 Å². The highest BCUT2D eigenvalue weighted by Crippen LogP contribution is 2.43. The third kappa shape index (κ3) is 24.7. The number of nitrogens with two attached hydrogens (primary N) is 1. The van der Waals surface area contributed by atoms with Crippen molar-refractivity contribution in [2.75, 3.05) is 19.8 Å². The van der Waals surface area contributed by atoms with E-state index in [-0.39, 0.29) is 19.6 Å². The van der Waals surface area contributed by atoms with Gasteiger partial charge in [0.2, 0.25) is 5.91 Å². The summed E-state index contributed by atoms with van der Waals surface area (Å²) in [6, 6.07) is -0.972. The van der Waals surface area contributed by atoms with E-state index in [1.165, 1.54) is 64.2 Å². The molecule has 0 rings (SSSR count). The van der Waals surface area contributed by atoms with E-state index in [2.05, 4.69) is 19.2 Å². The van der Waals surface area contributed by atoms with Gasteiger partial charge in [-0.15, -0.1) is 0 Å². The molecule has 0 aliphatic heterocycles. The van der Waals surface area contributed by atoms with E-state index in [0.717, 1.165) is 38.5 Å². The molecule has 4 atom stereocenters. The summed E-state index contributed by atoms with van der Waals surface area (Å²) in [5.41, 5.74) is 5.30. The number of rotatable bonds is 28. The van der Waals surface area contributed by atoms with Gasteiger partial charge in [0.05, 0.1) is 37.9 Å². The summed E-state index contributed by atoms with van der Waals surface area (Å²) in [6.07, 6.45) is 20.4. The van der Waals surface area contributed by atoms with Gasteiger partial charge in [-0.3, -0.25) is 13.8 Å². The Morgan fingerprint density at radius 1 is 0.872 bits per heavy atom. The number of carbonyl (C=O) groups excluding carboxylic acids is 1. The predicted octanol–water partition coefficient (Wildman–Crippen LogP) is 5.90. The normalized spacial score (nSPS) is 15.7. The highest BCUT2D eigenvalue weighted by atomic mass is 31.2. The van der Waals surface area contributed by atoms with Gasteiger partial charge >= 0.3 is 7.82 Å². The zero-order valence-electron chi connectivity index (χ0n) is 24.7. The Morgan fingerprint density at radius 3 is 1.97 bits per heavy atom. The van der Waals surface area contributed by atoms with Gasteiger partial charge in [0.1, 0.15) is 0 Å². The minimum atomic E-state index is -4.37. The first-order valence-electron chi connectivity index (χ1n) is 15.4. The standard InChI is InChI=1S/C29H59N2O7P/c1-3-5-7-9-11-12-13-15-16-18-20-26(32)24-29(34)31-27(25-38-39(35,36)37-23-22-30)28(33)21-19-17-14-10-8-6-4-2/h19,21,26-28,32-33H,3-18,20,22-25,30H2,1-2H3,(H,31,34)(H,35,36)/b21-19+. The number of amides is 1. The maximum atomic E-state index is 12.6. The summed E-state index contributed by atoms with van der Waals surface area (Å²) in [5.74, 6) is -0.453. The molecule has 0 saturated heterocycles. The first-order chi connectivity index (χ1) is 18.8. The lowest BCUT2D eigenvalue weighted by molar-refractivity contribution is -0.124. The predicted molar refractivity (Wildman–Crippen MR) is 158 cm³/mol. The molecule has 232 valence electrons. The van der Waals surface area contributed by atoms with Crippen molar-refractivity contribution in [3.8, 4) is 0 Å². The average Bonchev–Trinajstić information content (AvgIpc) is 2.90. The quantitative estimate of drug-likeness (QED) is 0.0437. The third-order valence-corrected chi connectivity index (χ3v) is 7.65. The van der Waals surface area contributed by atoms with Crippen LogP contribution in [0.4, 0.5) is 0 Å². The van der Waals surface area contributed by atoms with Crippen molar-refractivity contribution >= 4 is 13.7 Å². The molecule has 6 N–H and O–H groups in total. The summed E-state index contributed by atoms with van der Waals surface area (Å²) < 4.78 is 21.8. The smallest absolute Gasteiger partial charge is 0.393 e. The number of unbranched alkanes of at least 4 members (excludes halogenated alkanes) is 14. The maximum absolute atomic E-state index is 12.6. The van der Waals surface area contributed by atoms with E-state index < -0.39 is 38.6 Å². The Labute approximate surface area is 237 Å². The van der Waals surface area contributed by atoms with Crippen LogP contribution in [0.2, 0.25) is 0 Å². The maximum Gasteiger partial charge on any atom is 0.472 e. The van der Waals surface area contributed by atoms with Crippen molar-refractivity contribution in [3.63, 3.8) is 0 Å². The zero-order chi connectivity index (χ0) is 29.2. The third-order valence-electron chi connectivity index (χ3n) is 6.67. The largest absolute Gasteiger partial charge is 0.472 e. The lowest BCUT2D eigenvalue weighted by atomic mass is 10.0. The molecule has 0 aromatic carbocycles. The minimum absolute atomic E-state index is 0.0502. The van der Waals surface area contributed by atoms with E-state index in [1.54, 1.807) is 6.08 Å². The molecule has 0 fully saturated rings. The summed E-state index contributed by atoms with van der Waals surface area (Å²) in [4.78, 5) is 22.4. The first-order valence-corrected chi connectivity index (χ1v) is 16.9. The number of phosphoric ester groups is 1. The van der Waals surface area contributed by atoms with Gasteiger partial charge in [0.15, 0.2) is 0 Å². The van der Waals surface area contributed by atoms with E-state index in [0.29, 0.717) is 6.42 Å². The number of hydrogen-bond acceptors (Lipinski definition) is 7. The molecule has 1 amide bonds. The van der Waals surface area contributed by atoms with Crippen molar-refractivity contribution in [2.45, 2.75) is 148 Å². The molecule has 4 unspecified atom stereocenters. The van der Waals surface area contributed by atoms with Gasteiger partial charge in [-0.05, 0) is 19.3 Å². The fraction of sp³-hybridized carbons (Fsp3) is 0.897. The molecule has 0 saturated carbocycles. The van der Waals surface area contributed by atoms with Crippen LogP contribution in [0.3, 0.4) is 0 Å². The number of aliphatic hydroxyl groups is 2.